The molecule has 1 aliphatic heterocycles. The zero-order chi connectivity index (χ0) is 10.0. The summed E-state index contributed by atoms with van der Waals surface area (Å²) in [7, 11) is 0. The highest BCUT2D eigenvalue weighted by Crippen LogP contribution is 2.46. The molecule has 0 aromatic heterocycles. The fourth-order valence-electron chi connectivity index (χ4n) is 1.48. The number of epoxide rings is 1. The van der Waals surface area contributed by atoms with Crippen LogP contribution in [0.5, 0.6) is 0 Å². The molecule has 0 amide bonds. The summed E-state index contributed by atoms with van der Waals surface area (Å²) < 4.78 is 10.8. The lowest BCUT2D eigenvalue weighted by atomic mass is 10.0. The molecule has 0 spiro atoms. The number of hydrogen-bond acceptors (Lipinski definition) is 2. The molecule has 1 aromatic rings. The highest BCUT2D eigenvalue weighted by atomic mass is 16.8. The van der Waals surface area contributed by atoms with Crippen LogP contribution in [-0.2, 0) is 15.1 Å². The lowest BCUT2D eigenvalue weighted by Gasteiger charge is -2.05. The first-order valence-electron chi connectivity index (χ1n) is 4.56. The predicted octanol–water partition coefficient (Wildman–Crippen LogP) is 1.91. The summed E-state index contributed by atoms with van der Waals surface area (Å²) in [4.78, 5) is 0. The van der Waals surface area contributed by atoms with Gasteiger partial charge in [-0.25, -0.2) is 0 Å². The molecule has 0 N–H and O–H groups in total. The molecule has 1 aliphatic rings. The van der Waals surface area contributed by atoms with Crippen molar-refractivity contribution >= 4 is 0 Å². The molecule has 14 heavy (non-hydrogen) atoms. The second kappa shape index (κ2) is 3.45. The summed E-state index contributed by atoms with van der Waals surface area (Å²) >= 11 is 0. The maximum absolute atomic E-state index is 5.47. The highest BCUT2D eigenvalue weighted by Gasteiger charge is 2.54. The Morgan fingerprint density at radius 2 is 2.21 bits per heavy atom. The first kappa shape index (κ1) is 9.26. The largest absolute Gasteiger partial charge is 0.337 e. The molecule has 2 atom stereocenters. The van der Waals surface area contributed by atoms with Gasteiger partial charge < -0.3 is 9.47 Å². The van der Waals surface area contributed by atoms with Crippen molar-refractivity contribution < 1.29 is 9.47 Å². The molecule has 2 unspecified atom stereocenters. The van der Waals surface area contributed by atoms with Gasteiger partial charge >= 0.3 is 0 Å². The minimum atomic E-state index is -0.307. The zero-order valence-electron chi connectivity index (χ0n) is 8.07. The topological polar surface area (TPSA) is 21.8 Å². The monoisotopic (exact) mass is 188 g/mol. The van der Waals surface area contributed by atoms with Gasteiger partial charge in [-0.1, -0.05) is 36.3 Å². The lowest BCUT2D eigenvalue weighted by Crippen LogP contribution is -2.10. The summed E-state index contributed by atoms with van der Waals surface area (Å²) in [5, 5.41) is 0. The second-order valence-corrected chi connectivity index (χ2v) is 3.44. The van der Waals surface area contributed by atoms with Crippen LogP contribution in [0.15, 0.2) is 30.3 Å². The lowest BCUT2D eigenvalue weighted by molar-refractivity contribution is 0.0729. The smallest absolute Gasteiger partial charge is 0.193 e. The van der Waals surface area contributed by atoms with Crippen molar-refractivity contribution in [1.29, 1.82) is 0 Å². The molecular formula is C12H12O2. The van der Waals surface area contributed by atoms with Crippen LogP contribution in [0.3, 0.4) is 0 Å². The van der Waals surface area contributed by atoms with Crippen LogP contribution in [-0.4, -0.2) is 12.9 Å². The van der Waals surface area contributed by atoms with E-state index in [-0.39, 0.29) is 11.9 Å². The average Bonchev–Trinajstić information content (AvgIpc) is 2.90. The van der Waals surface area contributed by atoms with Crippen LogP contribution in [0, 0.1) is 12.3 Å². The maximum atomic E-state index is 5.47. The molecule has 2 nitrogen and oxygen atoms in total. The van der Waals surface area contributed by atoms with Crippen LogP contribution in [0.4, 0.5) is 0 Å². The van der Waals surface area contributed by atoms with Gasteiger partial charge in [0, 0.05) is 0 Å². The van der Waals surface area contributed by atoms with E-state index in [2.05, 4.69) is 5.92 Å². The molecule has 0 bridgehead atoms. The van der Waals surface area contributed by atoms with Crippen molar-refractivity contribution in [2.45, 2.75) is 18.8 Å². The molecule has 2 rings (SSSR count). The molecule has 1 saturated heterocycles. The van der Waals surface area contributed by atoms with Gasteiger partial charge in [0.15, 0.2) is 6.29 Å². The molecule has 0 saturated carbocycles. The number of benzene rings is 1. The average molecular weight is 188 g/mol. The van der Waals surface area contributed by atoms with Gasteiger partial charge in [0.25, 0.3) is 0 Å². The summed E-state index contributed by atoms with van der Waals surface area (Å²) in [5.41, 5.74) is 0.819. The van der Waals surface area contributed by atoms with Gasteiger partial charge in [0.1, 0.15) is 12.2 Å². The summed E-state index contributed by atoms with van der Waals surface area (Å²) in [5.74, 6) is 2.43. The van der Waals surface area contributed by atoms with Crippen LogP contribution in [0.25, 0.3) is 0 Å². The van der Waals surface area contributed by atoms with Crippen LogP contribution in [0.2, 0.25) is 0 Å². The van der Waals surface area contributed by atoms with E-state index in [0.29, 0.717) is 6.61 Å². The SMILES string of the molecule is C#CCOC1OC1(C)c1ccccc1. The molecule has 1 aromatic carbocycles. The number of ether oxygens (including phenoxy) is 2. The fourth-order valence-corrected chi connectivity index (χ4v) is 1.48. The van der Waals surface area contributed by atoms with Gasteiger partial charge in [-0.05, 0) is 12.5 Å². The molecule has 2 heteroatoms. The van der Waals surface area contributed by atoms with Crippen molar-refractivity contribution in [1.82, 2.24) is 0 Å². The Labute approximate surface area is 83.8 Å². The van der Waals surface area contributed by atoms with E-state index >= 15 is 0 Å². The van der Waals surface area contributed by atoms with Crippen molar-refractivity contribution in [3.63, 3.8) is 0 Å². The first-order chi connectivity index (χ1) is 6.77. The Morgan fingerprint density at radius 1 is 1.50 bits per heavy atom. The third-order valence-electron chi connectivity index (χ3n) is 2.41. The third-order valence-corrected chi connectivity index (χ3v) is 2.41. The van der Waals surface area contributed by atoms with Crippen molar-refractivity contribution in [2.24, 2.45) is 0 Å². The van der Waals surface area contributed by atoms with Gasteiger partial charge in [-0.3, -0.25) is 0 Å². The summed E-state index contributed by atoms with van der Waals surface area (Å²) in [6.07, 6.45) is 4.91. The number of rotatable bonds is 3. The van der Waals surface area contributed by atoms with Gasteiger partial charge in [-0.2, -0.15) is 0 Å². The highest BCUT2D eigenvalue weighted by molar-refractivity contribution is 5.26. The van der Waals surface area contributed by atoms with Crippen LogP contribution >= 0.6 is 0 Å². The Bertz CT molecular complexity index is 352. The standard InChI is InChI=1S/C12H12O2/c1-3-9-13-11-12(2,14-11)10-7-5-4-6-8-10/h1,4-8,11H,9H2,2H3. The maximum Gasteiger partial charge on any atom is 0.193 e. The van der Waals surface area contributed by atoms with Crippen LogP contribution < -0.4 is 0 Å². The molecule has 1 fully saturated rings. The number of terminal acetylenes is 1. The minimum Gasteiger partial charge on any atom is -0.337 e. The van der Waals surface area contributed by atoms with Crippen molar-refractivity contribution in [2.75, 3.05) is 6.61 Å². The molecule has 0 aliphatic carbocycles. The van der Waals surface area contributed by atoms with Gasteiger partial charge in [-0.15, -0.1) is 6.42 Å². The zero-order valence-corrected chi connectivity index (χ0v) is 8.07. The third kappa shape index (κ3) is 1.52. The summed E-state index contributed by atoms with van der Waals surface area (Å²) in [6.45, 7) is 2.30. The van der Waals surface area contributed by atoms with Gasteiger partial charge in [0.05, 0.1) is 0 Å². The van der Waals surface area contributed by atoms with E-state index in [1.807, 2.05) is 37.3 Å². The Kier molecular flexibility index (Phi) is 2.28. The fraction of sp³-hybridized carbons (Fsp3) is 0.333. The normalized spacial score (nSPS) is 29.6. The van der Waals surface area contributed by atoms with E-state index in [1.165, 1.54) is 0 Å². The molecule has 72 valence electrons. The van der Waals surface area contributed by atoms with Crippen molar-refractivity contribution in [3.05, 3.63) is 35.9 Å². The Balaban J connectivity index is 2.04. The van der Waals surface area contributed by atoms with E-state index in [9.17, 15) is 0 Å². The van der Waals surface area contributed by atoms with Crippen LogP contribution in [0.1, 0.15) is 12.5 Å². The Morgan fingerprint density at radius 3 is 2.86 bits per heavy atom. The second-order valence-electron chi connectivity index (χ2n) is 3.44. The van der Waals surface area contributed by atoms with E-state index in [1.54, 1.807) is 0 Å². The summed E-state index contributed by atoms with van der Waals surface area (Å²) in [6, 6.07) is 10.0. The van der Waals surface area contributed by atoms with Gasteiger partial charge in [0.2, 0.25) is 0 Å². The van der Waals surface area contributed by atoms with E-state index in [0.717, 1.165) is 5.56 Å². The first-order valence-corrected chi connectivity index (χ1v) is 4.56. The van der Waals surface area contributed by atoms with Crippen molar-refractivity contribution in [3.8, 4) is 12.3 Å². The predicted molar refractivity (Wildman–Crippen MR) is 53.5 cm³/mol. The van der Waals surface area contributed by atoms with E-state index in [4.69, 9.17) is 15.9 Å². The van der Waals surface area contributed by atoms with E-state index < -0.39 is 0 Å². The molecule has 1 heterocycles. The molecule has 0 radical (unpaired) electrons. The minimum absolute atomic E-state index is 0.194. The number of hydrogen-bond donors (Lipinski definition) is 0. The Hall–Kier alpha value is -1.30. The molecular weight excluding hydrogens is 176 g/mol. The quantitative estimate of drug-likeness (QED) is 0.534.